The molecule has 0 fully saturated rings. The van der Waals surface area contributed by atoms with Gasteiger partial charge < -0.3 is 20.1 Å². The van der Waals surface area contributed by atoms with Crippen molar-refractivity contribution >= 4 is 17.6 Å². The molecule has 2 atom stereocenters. The number of carbonyl (C=O) groups excluding carboxylic acids is 2. The highest BCUT2D eigenvalue weighted by molar-refractivity contribution is 6.04. The quantitative estimate of drug-likeness (QED) is 0.558. The third-order valence-electron chi connectivity index (χ3n) is 6.01. The number of amides is 2. The molecule has 0 saturated heterocycles. The van der Waals surface area contributed by atoms with Gasteiger partial charge in [-0.2, -0.15) is 5.10 Å². The lowest BCUT2D eigenvalue weighted by Crippen LogP contribution is -2.50. The highest BCUT2D eigenvalue weighted by Gasteiger charge is 2.41. The molecule has 2 amide bonds. The van der Waals surface area contributed by atoms with E-state index in [1.54, 1.807) is 31.0 Å². The molecule has 34 heavy (non-hydrogen) atoms. The van der Waals surface area contributed by atoms with E-state index >= 15 is 0 Å². The first-order valence-corrected chi connectivity index (χ1v) is 11.4. The molecule has 0 saturated carbocycles. The van der Waals surface area contributed by atoms with E-state index < -0.39 is 12.0 Å². The standard InChI is InChI=1S/C26H30N4O4/c1-6-12-34-20-14-17(10-11-19(20)33-5)22-21-16(3)29-30(4)24(21)28-26(32)23(22)27-25(31)18-9-7-8-15(2)13-18/h7-11,13-14,22-23H,6,12H2,1-5H3,(H,27,31)(H,28,32)/t22-,23+/m1/s1. The SMILES string of the molecule is CCCOc1cc([C@@H]2c3c(C)nn(C)c3NC(=O)[C@H]2NC(=O)c2cccc(C)c2)ccc1OC. The number of hydrogen-bond donors (Lipinski definition) is 2. The molecule has 1 aromatic heterocycles. The molecule has 2 heterocycles. The first-order chi connectivity index (χ1) is 16.3. The number of fused-ring (bicyclic) bond motifs is 1. The van der Waals surface area contributed by atoms with Crippen LogP contribution in [0.4, 0.5) is 5.82 Å². The van der Waals surface area contributed by atoms with Gasteiger partial charge in [-0.25, -0.2) is 0 Å². The van der Waals surface area contributed by atoms with Gasteiger partial charge >= 0.3 is 0 Å². The fraction of sp³-hybridized carbons (Fsp3) is 0.346. The normalized spacial score (nSPS) is 17.0. The van der Waals surface area contributed by atoms with Crippen LogP contribution in [0.25, 0.3) is 0 Å². The van der Waals surface area contributed by atoms with Crippen LogP contribution in [-0.4, -0.2) is 41.4 Å². The maximum atomic E-state index is 13.3. The minimum atomic E-state index is -0.837. The minimum Gasteiger partial charge on any atom is -0.493 e. The highest BCUT2D eigenvalue weighted by Crippen LogP contribution is 2.41. The van der Waals surface area contributed by atoms with Crippen LogP contribution in [0.1, 0.15) is 52.0 Å². The van der Waals surface area contributed by atoms with E-state index in [-0.39, 0.29) is 11.8 Å². The van der Waals surface area contributed by atoms with E-state index in [0.717, 1.165) is 28.8 Å². The van der Waals surface area contributed by atoms with Crippen LogP contribution in [0.3, 0.4) is 0 Å². The summed E-state index contributed by atoms with van der Waals surface area (Å²) in [7, 11) is 3.38. The van der Waals surface area contributed by atoms with Crippen LogP contribution in [0, 0.1) is 13.8 Å². The predicted octanol–water partition coefficient (Wildman–Crippen LogP) is 3.72. The first kappa shape index (κ1) is 23.4. The number of benzene rings is 2. The number of ether oxygens (including phenoxy) is 2. The van der Waals surface area contributed by atoms with Crippen molar-refractivity contribution in [3.8, 4) is 11.5 Å². The molecular weight excluding hydrogens is 432 g/mol. The molecule has 0 unspecified atom stereocenters. The summed E-state index contributed by atoms with van der Waals surface area (Å²) in [5.74, 6) is 0.769. The number of methoxy groups -OCH3 is 1. The Bertz CT molecular complexity index is 1230. The van der Waals surface area contributed by atoms with Crippen molar-refractivity contribution in [2.75, 3.05) is 19.0 Å². The Labute approximate surface area is 199 Å². The predicted molar refractivity (Wildman–Crippen MR) is 130 cm³/mol. The van der Waals surface area contributed by atoms with Gasteiger partial charge in [-0.15, -0.1) is 0 Å². The molecule has 4 rings (SSSR count). The second-order valence-corrected chi connectivity index (χ2v) is 8.52. The molecule has 3 aromatic rings. The fourth-order valence-electron chi connectivity index (χ4n) is 4.44. The first-order valence-electron chi connectivity index (χ1n) is 11.4. The van der Waals surface area contributed by atoms with E-state index in [1.807, 2.05) is 51.1 Å². The summed E-state index contributed by atoms with van der Waals surface area (Å²) in [6, 6.07) is 12.1. The van der Waals surface area contributed by atoms with Crippen LogP contribution >= 0.6 is 0 Å². The number of aromatic nitrogens is 2. The molecule has 8 nitrogen and oxygen atoms in total. The van der Waals surface area contributed by atoms with E-state index in [4.69, 9.17) is 9.47 Å². The summed E-state index contributed by atoms with van der Waals surface area (Å²) in [5, 5.41) is 10.4. The van der Waals surface area contributed by atoms with Crippen LogP contribution < -0.4 is 20.1 Å². The van der Waals surface area contributed by atoms with Crippen molar-refractivity contribution < 1.29 is 19.1 Å². The molecule has 2 aromatic carbocycles. The van der Waals surface area contributed by atoms with E-state index in [9.17, 15) is 9.59 Å². The van der Waals surface area contributed by atoms with Gasteiger partial charge in [-0.05, 0) is 50.1 Å². The summed E-state index contributed by atoms with van der Waals surface area (Å²) in [4.78, 5) is 26.4. The number of nitrogens with zero attached hydrogens (tertiary/aromatic N) is 2. The summed E-state index contributed by atoms with van der Waals surface area (Å²) in [6.45, 7) is 6.40. The monoisotopic (exact) mass is 462 g/mol. The lowest BCUT2D eigenvalue weighted by atomic mass is 9.81. The number of aryl methyl sites for hydroxylation is 3. The average molecular weight is 463 g/mol. The zero-order valence-electron chi connectivity index (χ0n) is 20.1. The fourth-order valence-corrected chi connectivity index (χ4v) is 4.44. The van der Waals surface area contributed by atoms with Crippen molar-refractivity contribution in [1.82, 2.24) is 15.1 Å². The van der Waals surface area contributed by atoms with Crippen molar-refractivity contribution in [2.24, 2.45) is 7.05 Å². The minimum absolute atomic E-state index is 0.298. The zero-order valence-corrected chi connectivity index (χ0v) is 20.1. The van der Waals surface area contributed by atoms with Crippen LogP contribution in [-0.2, 0) is 11.8 Å². The van der Waals surface area contributed by atoms with Gasteiger partial charge in [0, 0.05) is 24.1 Å². The van der Waals surface area contributed by atoms with Gasteiger partial charge in [0.15, 0.2) is 11.5 Å². The number of rotatable bonds is 7. The topological polar surface area (TPSA) is 94.5 Å². The number of hydrogen-bond acceptors (Lipinski definition) is 5. The highest BCUT2D eigenvalue weighted by atomic mass is 16.5. The summed E-state index contributed by atoms with van der Waals surface area (Å²) in [5.41, 5.74) is 3.94. The Hall–Kier alpha value is -3.81. The second-order valence-electron chi connectivity index (χ2n) is 8.52. The Morgan fingerprint density at radius 2 is 1.97 bits per heavy atom. The lowest BCUT2D eigenvalue weighted by Gasteiger charge is -2.33. The van der Waals surface area contributed by atoms with Crippen molar-refractivity contribution in [2.45, 2.75) is 39.2 Å². The molecule has 1 aliphatic rings. The van der Waals surface area contributed by atoms with Gasteiger partial charge in [0.1, 0.15) is 11.9 Å². The maximum absolute atomic E-state index is 13.3. The molecule has 0 bridgehead atoms. The second kappa shape index (κ2) is 9.59. The average Bonchev–Trinajstić information content (AvgIpc) is 3.10. The van der Waals surface area contributed by atoms with E-state index in [1.165, 1.54) is 0 Å². The van der Waals surface area contributed by atoms with Crippen LogP contribution in [0.2, 0.25) is 0 Å². The Balaban J connectivity index is 1.80. The van der Waals surface area contributed by atoms with Gasteiger partial charge in [0.25, 0.3) is 5.91 Å². The molecule has 0 spiro atoms. The Kier molecular flexibility index (Phi) is 6.58. The summed E-state index contributed by atoms with van der Waals surface area (Å²) < 4.78 is 13.1. The van der Waals surface area contributed by atoms with Gasteiger partial charge in [-0.3, -0.25) is 14.3 Å². The third kappa shape index (κ3) is 4.35. The number of carbonyl (C=O) groups is 2. The summed E-state index contributed by atoms with van der Waals surface area (Å²) in [6.07, 6.45) is 0.847. The molecule has 0 aliphatic carbocycles. The molecule has 2 N–H and O–H groups in total. The molecule has 8 heteroatoms. The van der Waals surface area contributed by atoms with Gasteiger partial charge in [-0.1, -0.05) is 30.7 Å². The molecular formula is C26H30N4O4. The molecule has 1 aliphatic heterocycles. The van der Waals surface area contributed by atoms with Crippen LogP contribution in [0.5, 0.6) is 11.5 Å². The van der Waals surface area contributed by atoms with Crippen LogP contribution in [0.15, 0.2) is 42.5 Å². The molecule has 178 valence electrons. The Morgan fingerprint density at radius 3 is 2.68 bits per heavy atom. The largest absolute Gasteiger partial charge is 0.493 e. The number of anilines is 1. The third-order valence-corrected chi connectivity index (χ3v) is 6.01. The van der Waals surface area contributed by atoms with E-state index in [2.05, 4.69) is 15.7 Å². The molecule has 0 radical (unpaired) electrons. The smallest absolute Gasteiger partial charge is 0.251 e. The van der Waals surface area contributed by atoms with Gasteiger partial charge in [0.2, 0.25) is 5.91 Å². The maximum Gasteiger partial charge on any atom is 0.251 e. The van der Waals surface area contributed by atoms with Crippen molar-refractivity contribution in [1.29, 1.82) is 0 Å². The Morgan fingerprint density at radius 1 is 1.18 bits per heavy atom. The lowest BCUT2D eigenvalue weighted by molar-refractivity contribution is -0.118. The summed E-state index contributed by atoms with van der Waals surface area (Å²) >= 11 is 0. The number of nitrogens with one attached hydrogen (secondary N) is 2. The van der Waals surface area contributed by atoms with Crippen molar-refractivity contribution in [3.05, 3.63) is 70.4 Å². The van der Waals surface area contributed by atoms with Gasteiger partial charge in [0.05, 0.1) is 19.4 Å². The van der Waals surface area contributed by atoms with E-state index in [0.29, 0.717) is 29.5 Å². The van der Waals surface area contributed by atoms with Crippen molar-refractivity contribution in [3.63, 3.8) is 0 Å². The zero-order chi connectivity index (χ0) is 24.4.